The molecule has 1 aromatic heterocycles. The number of aromatic amines is 1. The van der Waals surface area contributed by atoms with Crippen LogP contribution in [-0.2, 0) is 20.8 Å². The molecule has 0 aliphatic heterocycles. The van der Waals surface area contributed by atoms with Crippen molar-refractivity contribution in [3.8, 4) is 0 Å². The van der Waals surface area contributed by atoms with Gasteiger partial charge in [-0.3, -0.25) is 19.5 Å². The van der Waals surface area contributed by atoms with Crippen LogP contribution < -0.4 is 16.0 Å². The molecule has 4 N–H and O–H groups in total. The van der Waals surface area contributed by atoms with E-state index in [1.807, 2.05) is 0 Å². The van der Waals surface area contributed by atoms with Crippen molar-refractivity contribution >= 4 is 17.7 Å². The van der Waals surface area contributed by atoms with Crippen LogP contribution in [0.25, 0.3) is 0 Å². The molecule has 0 bridgehead atoms. The standard InChI is InChI=1S/C20H31N5O3/c26-18(6-5-14-12-22-23-13-14)21-11-15-9-17(10-15)25-20(28)8-7-19(27)24-16-3-1-2-4-16/h12-13,15-17H,1-11H2,(H,21,26)(H,22,23)(H,24,27)(H,25,28). The lowest BCUT2D eigenvalue weighted by molar-refractivity contribution is -0.127. The highest BCUT2D eigenvalue weighted by Gasteiger charge is 2.30. The number of amides is 3. The minimum Gasteiger partial charge on any atom is -0.356 e. The van der Waals surface area contributed by atoms with E-state index in [1.54, 1.807) is 12.4 Å². The number of aryl methyl sites for hydroxylation is 1. The summed E-state index contributed by atoms with van der Waals surface area (Å²) in [5, 5.41) is 15.5. The molecule has 2 fully saturated rings. The van der Waals surface area contributed by atoms with Crippen LogP contribution in [0.3, 0.4) is 0 Å². The maximum Gasteiger partial charge on any atom is 0.220 e. The molecule has 0 radical (unpaired) electrons. The lowest BCUT2D eigenvalue weighted by Gasteiger charge is -2.36. The summed E-state index contributed by atoms with van der Waals surface area (Å²) in [7, 11) is 0. The third kappa shape index (κ3) is 6.65. The van der Waals surface area contributed by atoms with Crippen molar-refractivity contribution < 1.29 is 14.4 Å². The van der Waals surface area contributed by atoms with E-state index in [0.717, 1.165) is 31.2 Å². The first-order chi connectivity index (χ1) is 13.6. The van der Waals surface area contributed by atoms with Crippen molar-refractivity contribution in [2.75, 3.05) is 6.54 Å². The van der Waals surface area contributed by atoms with E-state index in [9.17, 15) is 14.4 Å². The van der Waals surface area contributed by atoms with Crippen LogP contribution >= 0.6 is 0 Å². The Bertz CT molecular complexity index is 649. The second kappa shape index (κ2) is 10.2. The summed E-state index contributed by atoms with van der Waals surface area (Å²) in [4.78, 5) is 35.7. The highest BCUT2D eigenvalue weighted by molar-refractivity contribution is 5.84. The molecular formula is C20H31N5O3. The van der Waals surface area contributed by atoms with E-state index in [4.69, 9.17) is 0 Å². The summed E-state index contributed by atoms with van der Waals surface area (Å²) in [5.41, 5.74) is 1.03. The van der Waals surface area contributed by atoms with Crippen LogP contribution in [0.5, 0.6) is 0 Å². The van der Waals surface area contributed by atoms with Gasteiger partial charge in [0.1, 0.15) is 0 Å². The van der Waals surface area contributed by atoms with Gasteiger partial charge >= 0.3 is 0 Å². The van der Waals surface area contributed by atoms with Gasteiger partial charge in [-0.2, -0.15) is 5.10 Å². The molecular weight excluding hydrogens is 358 g/mol. The lowest BCUT2D eigenvalue weighted by Crippen LogP contribution is -2.47. The first-order valence-corrected chi connectivity index (χ1v) is 10.4. The van der Waals surface area contributed by atoms with E-state index in [1.165, 1.54) is 12.8 Å². The summed E-state index contributed by atoms with van der Waals surface area (Å²) in [6, 6.07) is 0.469. The number of hydrogen-bond donors (Lipinski definition) is 4. The normalized spacial score (nSPS) is 21.7. The van der Waals surface area contributed by atoms with Crippen molar-refractivity contribution in [3.05, 3.63) is 18.0 Å². The number of carbonyl (C=O) groups is 3. The quantitative estimate of drug-likeness (QED) is 0.481. The zero-order chi connectivity index (χ0) is 19.8. The van der Waals surface area contributed by atoms with Crippen molar-refractivity contribution in [2.24, 2.45) is 5.92 Å². The molecule has 8 nitrogen and oxygen atoms in total. The molecule has 3 rings (SSSR count). The molecule has 154 valence electrons. The van der Waals surface area contributed by atoms with Gasteiger partial charge in [0.15, 0.2) is 0 Å². The second-order valence-electron chi connectivity index (χ2n) is 8.06. The summed E-state index contributed by atoms with van der Waals surface area (Å²) in [6.45, 7) is 0.653. The van der Waals surface area contributed by atoms with Gasteiger partial charge in [0.2, 0.25) is 17.7 Å². The van der Waals surface area contributed by atoms with Gasteiger partial charge in [-0.15, -0.1) is 0 Å². The van der Waals surface area contributed by atoms with E-state index in [-0.39, 0.29) is 36.6 Å². The molecule has 0 atom stereocenters. The molecule has 0 saturated heterocycles. The molecule has 0 unspecified atom stereocenters. The number of H-pyrrole nitrogens is 1. The van der Waals surface area contributed by atoms with Gasteiger partial charge in [0, 0.05) is 44.1 Å². The first kappa shape index (κ1) is 20.4. The minimum absolute atomic E-state index is 0.0216. The zero-order valence-electron chi connectivity index (χ0n) is 16.3. The van der Waals surface area contributed by atoms with Crippen molar-refractivity contribution in [1.29, 1.82) is 0 Å². The van der Waals surface area contributed by atoms with Crippen LogP contribution in [0.4, 0.5) is 0 Å². The SMILES string of the molecule is O=C(CCc1cn[nH]c1)NCC1CC(NC(=O)CCC(=O)NC2CCCC2)C1. The van der Waals surface area contributed by atoms with Crippen LogP contribution in [0.15, 0.2) is 12.4 Å². The average molecular weight is 390 g/mol. The van der Waals surface area contributed by atoms with Crippen molar-refractivity contribution in [1.82, 2.24) is 26.1 Å². The fraction of sp³-hybridized carbons (Fsp3) is 0.700. The average Bonchev–Trinajstić information content (AvgIpc) is 3.33. The Labute approximate surface area is 165 Å². The molecule has 2 aliphatic rings. The number of nitrogens with zero attached hydrogens (tertiary/aromatic N) is 1. The van der Waals surface area contributed by atoms with E-state index >= 15 is 0 Å². The van der Waals surface area contributed by atoms with Crippen LogP contribution in [-0.4, -0.2) is 46.5 Å². The molecule has 2 aliphatic carbocycles. The molecule has 28 heavy (non-hydrogen) atoms. The van der Waals surface area contributed by atoms with Crippen LogP contribution in [0, 0.1) is 5.92 Å². The van der Waals surface area contributed by atoms with Gasteiger partial charge in [-0.05, 0) is 43.6 Å². The maximum atomic E-state index is 12.0. The molecule has 2 saturated carbocycles. The van der Waals surface area contributed by atoms with E-state index in [2.05, 4.69) is 26.1 Å². The Morgan fingerprint density at radius 3 is 2.29 bits per heavy atom. The highest BCUT2D eigenvalue weighted by atomic mass is 16.2. The smallest absolute Gasteiger partial charge is 0.220 e. The minimum atomic E-state index is -0.0610. The Morgan fingerprint density at radius 2 is 1.64 bits per heavy atom. The second-order valence-corrected chi connectivity index (χ2v) is 8.06. The monoisotopic (exact) mass is 389 g/mol. The lowest BCUT2D eigenvalue weighted by atomic mass is 9.80. The van der Waals surface area contributed by atoms with Crippen LogP contribution in [0.2, 0.25) is 0 Å². The molecule has 8 heteroatoms. The summed E-state index contributed by atoms with van der Waals surface area (Å²) >= 11 is 0. The fourth-order valence-corrected chi connectivity index (χ4v) is 3.94. The molecule has 1 heterocycles. The van der Waals surface area contributed by atoms with E-state index in [0.29, 0.717) is 31.3 Å². The number of rotatable bonds is 10. The Hall–Kier alpha value is -2.38. The first-order valence-electron chi connectivity index (χ1n) is 10.4. The van der Waals surface area contributed by atoms with Gasteiger partial charge in [0.25, 0.3) is 0 Å². The fourth-order valence-electron chi connectivity index (χ4n) is 3.94. The molecule has 0 spiro atoms. The number of carbonyl (C=O) groups excluding carboxylic acids is 3. The van der Waals surface area contributed by atoms with Gasteiger partial charge < -0.3 is 16.0 Å². The largest absolute Gasteiger partial charge is 0.356 e. The summed E-state index contributed by atoms with van der Waals surface area (Å²) in [6.07, 6.45) is 11.4. The topological polar surface area (TPSA) is 116 Å². The van der Waals surface area contributed by atoms with Crippen LogP contribution in [0.1, 0.15) is 63.4 Å². The number of aromatic nitrogens is 2. The number of nitrogens with one attached hydrogen (secondary N) is 4. The predicted molar refractivity (Wildman–Crippen MR) is 104 cm³/mol. The molecule has 0 aromatic carbocycles. The van der Waals surface area contributed by atoms with Crippen molar-refractivity contribution in [3.63, 3.8) is 0 Å². The summed E-state index contributed by atoms with van der Waals surface area (Å²) < 4.78 is 0. The zero-order valence-corrected chi connectivity index (χ0v) is 16.3. The molecule has 3 amide bonds. The molecule has 1 aromatic rings. The Balaban J connectivity index is 1.19. The van der Waals surface area contributed by atoms with Crippen molar-refractivity contribution in [2.45, 2.75) is 76.3 Å². The highest BCUT2D eigenvalue weighted by Crippen LogP contribution is 2.26. The Kier molecular flexibility index (Phi) is 7.45. The Morgan fingerprint density at radius 1 is 0.964 bits per heavy atom. The summed E-state index contributed by atoms with van der Waals surface area (Å²) in [5.74, 6) is 0.372. The van der Waals surface area contributed by atoms with E-state index < -0.39 is 0 Å². The van der Waals surface area contributed by atoms with Gasteiger partial charge in [0.05, 0.1) is 6.20 Å². The third-order valence-corrected chi connectivity index (χ3v) is 5.68. The van der Waals surface area contributed by atoms with Gasteiger partial charge in [-0.25, -0.2) is 0 Å². The number of hydrogen-bond acceptors (Lipinski definition) is 4. The maximum absolute atomic E-state index is 12.0. The van der Waals surface area contributed by atoms with Gasteiger partial charge in [-0.1, -0.05) is 12.8 Å². The predicted octanol–water partition coefficient (Wildman–Crippen LogP) is 1.19. The third-order valence-electron chi connectivity index (χ3n) is 5.68.